The predicted molar refractivity (Wildman–Crippen MR) is 79.8 cm³/mol. The van der Waals surface area contributed by atoms with Gasteiger partial charge < -0.3 is 15.2 Å². The maximum absolute atomic E-state index is 5.84. The van der Waals surface area contributed by atoms with Crippen molar-refractivity contribution >= 4 is 15.9 Å². The first-order valence-electron chi connectivity index (χ1n) is 5.97. The molecule has 3 nitrogen and oxygen atoms in total. The average Bonchev–Trinajstić information content (AvgIpc) is 2.41. The van der Waals surface area contributed by atoms with E-state index >= 15 is 0 Å². The van der Waals surface area contributed by atoms with Gasteiger partial charge in [0.25, 0.3) is 0 Å². The lowest BCUT2D eigenvalue weighted by Gasteiger charge is -2.11. The van der Waals surface area contributed by atoms with Gasteiger partial charge in [-0.05, 0) is 64.8 Å². The Hall–Kier alpha value is -1.52. The predicted octanol–water partition coefficient (Wildman–Crippen LogP) is 4.27. The van der Waals surface area contributed by atoms with Crippen molar-refractivity contribution in [1.29, 1.82) is 0 Å². The summed E-state index contributed by atoms with van der Waals surface area (Å²) in [6.45, 7) is 1.95. The molecule has 2 aromatic rings. The summed E-state index contributed by atoms with van der Waals surface area (Å²) < 4.78 is 11.8. The summed E-state index contributed by atoms with van der Waals surface area (Å²) in [5, 5.41) is 0. The summed E-state index contributed by atoms with van der Waals surface area (Å²) >= 11 is 3.50. The summed E-state index contributed by atoms with van der Waals surface area (Å²) in [4.78, 5) is 0. The van der Waals surface area contributed by atoms with Crippen molar-refractivity contribution in [3.05, 3.63) is 52.5 Å². The van der Waals surface area contributed by atoms with E-state index in [0.29, 0.717) is 0 Å². The maximum Gasteiger partial charge on any atom is 0.141 e. The molecule has 0 saturated heterocycles. The number of hydrogen-bond donors (Lipinski definition) is 1. The van der Waals surface area contributed by atoms with E-state index in [-0.39, 0.29) is 6.04 Å². The molecule has 0 aliphatic rings. The molecular weight excluding hydrogens is 306 g/mol. The number of hydrogen-bond acceptors (Lipinski definition) is 3. The van der Waals surface area contributed by atoms with E-state index in [1.165, 1.54) is 0 Å². The second-order valence-electron chi connectivity index (χ2n) is 4.26. The van der Waals surface area contributed by atoms with Crippen LogP contribution in [-0.2, 0) is 0 Å². The first-order chi connectivity index (χ1) is 9.10. The highest BCUT2D eigenvalue weighted by Gasteiger charge is 2.06. The molecule has 100 valence electrons. The van der Waals surface area contributed by atoms with Crippen molar-refractivity contribution in [3.63, 3.8) is 0 Å². The minimum Gasteiger partial charge on any atom is -0.497 e. The highest BCUT2D eigenvalue weighted by Crippen LogP contribution is 2.32. The Morgan fingerprint density at radius 3 is 2.21 bits per heavy atom. The van der Waals surface area contributed by atoms with Crippen LogP contribution in [0.4, 0.5) is 0 Å². The summed E-state index contributed by atoms with van der Waals surface area (Å²) in [7, 11) is 1.64. The molecule has 2 aromatic carbocycles. The van der Waals surface area contributed by atoms with E-state index in [9.17, 15) is 0 Å². The minimum atomic E-state index is 0.00587. The molecule has 0 heterocycles. The maximum atomic E-state index is 5.84. The van der Waals surface area contributed by atoms with Crippen LogP contribution in [0.1, 0.15) is 18.5 Å². The SMILES string of the molecule is COc1ccc(Oc2ccc([C@H](C)N)cc2Br)cc1. The van der Waals surface area contributed by atoms with Gasteiger partial charge in [0, 0.05) is 6.04 Å². The summed E-state index contributed by atoms with van der Waals surface area (Å²) in [5.74, 6) is 2.32. The van der Waals surface area contributed by atoms with Gasteiger partial charge in [0.1, 0.15) is 17.2 Å². The molecule has 1 atom stereocenters. The zero-order valence-corrected chi connectivity index (χ0v) is 12.5. The molecule has 2 rings (SSSR count). The van der Waals surface area contributed by atoms with Gasteiger partial charge in [0.2, 0.25) is 0 Å². The molecule has 0 aliphatic heterocycles. The van der Waals surface area contributed by atoms with Gasteiger partial charge >= 0.3 is 0 Å². The second-order valence-corrected chi connectivity index (χ2v) is 5.11. The van der Waals surface area contributed by atoms with Crippen LogP contribution in [-0.4, -0.2) is 7.11 Å². The van der Waals surface area contributed by atoms with Crippen molar-refractivity contribution in [2.45, 2.75) is 13.0 Å². The molecule has 0 aromatic heterocycles. The fourth-order valence-corrected chi connectivity index (χ4v) is 2.13. The van der Waals surface area contributed by atoms with Gasteiger partial charge in [0.05, 0.1) is 11.6 Å². The van der Waals surface area contributed by atoms with Crippen LogP contribution in [0, 0.1) is 0 Å². The Bertz CT molecular complexity index is 553. The van der Waals surface area contributed by atoms with Crippen LogP contribution in [0.25, 0.3) is 0 Å². The van der Waals surface area contributed by atoms with Gasteiger partial charge in [-0.25, -0.2) is 0 Å². The molecule has 0 unspecified atom stereocenters. The summed E-state index contributed by atoms with van der Waals surface area (Å²) in [6.07, 6.45) is 0. The third-order valence-electron chi connectivity index (χ3n) is 2.77. The number of nitrogens with two attached hydrogens (primary N) is 1. The van der Waals surface area contributed by atoms with Gasteiger partial charge in [-0.1, -0.05) is 6.07 Å². The van der Waals surface area contributed by atoms with E-state index in [4.69, 9.17) is 15.2 Å². The molecule has 19 heavy (non-hydrogen) atoms. The zero-order valence-electron chi connectivity index (χ0n) is 10.9. The number of ether oxygens (including phenoxy) is 2. The third kappa shape index (κ3) is 3.49. The van der Waals surface area contributed by atoms with Crippen molar-refractivity contribution in [3.8, 4) is 17.2 Å². The summed E-state index contributed by atoms with van der Waals surface area (Å²) in [6, 6.07) is 13.3. The van der Waals surface area contributed by atoms with E-state index < -0.39 is 0 Å². The molecule has 0 aliphatic carbocycles. The molecule has 0 radical (unpaired) electrons. The quantitative estimate of drug-likeness (QED) is 0.914. The monoisotopic (exact) mass is 321 g/mol. The lowest BCUT2D eigenvalue weighted by Crippen LogP contribution is -2.04. The minimum absolute atomic E-state index is 0.00587. The lowest BCUT2D eigenvalue weighted by atomic mass is 10.1. The molecular formula is C15H16BrNO2. The van der Waals surface area contributed by atoms with Crippen LogP contribution < -0.4 is 15.2 Å². The van der Waals surface area contributed by atoms with Crippen LogP contribution in [0.15, 0.2) is 46.9 Å². The Balaban J connectivity index is 2.18. The van der Waals surface area contributed by atoms with Gasteiger partial charge in [-0.3, -0.25) is 0 Å². The third-order valence-corrected chi connectivity index (χ3v) is 3.39. The number of rotatable bonds is 4. The fraction of sp³-hybridized carbons (Fsp3) is 0.200. The first kappa shape index (κ1) is 13.9. The van der Waals surface area contributed by atoms with Crippen LogP contribution in [0.5, 0.6) is 17.2 Å². The van der Waals surface area contributed by atoms with E-state index in [1.54, 1.807) is 7.11 Å². The largest absolute Gasteiger partial charge is 0.497 e. The van der Waals surface area contributed by atoms with E-state index in [2.05, 4.69) is 15.9 Å². The Morgan fingerprint density at radius 2 is 1.68 bits per heavy atom. The molecule has 2 N–H and O–H groups in total. The average molecular weight is 322 g/mol. The van der Waals surface area contributed by atoms with Crippen molar-refractivity contribution < 1.29 is 9.47 Å². The molecule has 4 heteroatoms. The molecule has 0 fully saturated rings. The molecule has 0 amide bonds. The van der Waals surface area contributed by atoms with Gasteiger partial charge in [-0.2, -0.15) is 0 Å². The first-order valence-corrected chi connectivity index (χ1v) is 6.76. The van der Waals surface area contributed by atoms with Crippen LogP contribution in [0.2, 0.25) is 0 Å². The Kier molecular flexibility index (Phi) is 4.45. The Labute approximate surface area is 121 Å². The number of methoxy groups -OCH3 is 1. The molecule has 0 saturated carbocycles. The summed E-state index contributed by atoms with van der Waals surface area (Å²) in [5.41, 5.74) is 6.91. The highest BCUT2D eigenvalue weighted by molar-refractivity contribution is 9.10. The fourth-order valence-electron chi connectivity index (χ4n) is 1.65. The molecule has 0 bridgehead atoms. The van der Waals surface area contributed by atoms with E-state index in [1.807, 2.05) is 49.4 Å². The van der Waals surface area contributed by atoms with E-state index in [0.717, 1.165) is 27.3 Å². The number of benzene rings is 2. The highest BCUT2D eigenvalue weighted by atomic mass is 79.9. The second kappa shape index (κ2) is 6.08. The van der Waals surface area contributed by atoms with Crippen molar-refractivity contribution in [2.75, 3.05) is 7.11 Å². The van der Waals surface area contributed by atoms with Crippen LogP contribution in [0.3, 0.4) is 0 Å². The smallest absolute Gasteiger partial charge is 0.141 e. The standard InChI is InChI=1S/C15H16BrNO2/c1-10(17)11-3-8-15(14(16)9-11)19-13-6-4-12(18-2)5-7-13/h3-10H,17H2,1-2H3/t10-/m0/s1. The van der Waals surface area contributed by atoms with Crippen LogP contribution >= 0.6 is 15.9 Å². The zero-order chi connectivity index (χ0) is 13.8. The van der Waals surface area contributed by atoms with Gasteiger partial charge in [0.15, 0.2) is 0 Å². The lowest BCUT2D eigenvalue weighted by molar-refractivity contribution is 0.412. The van der Waals surface area contributed by atoms with Gasteiger partial charge in [-0.15, -0.1) is 0 Å². The molecule has 0 spiro atoms. The Morgan fingerprint density at radius 1 is 1.05 bits per heavy atom. The number of halogens is 1. The topological polar surface area (TPSA) is 44.5 Å². The van der Waals surface area contributed by atoms with Crippen molar-refractivity contribution in [1.82, 2.24) is 0 Å². The normalized spacial score (nSPS) is 12.0. The van der Waals surface area contributed by atoms with Crippen molar-refractivity contribution in [2.24, 2.45) is 5.73 Å².